The lowest BCUT2D eigenvalue weighted by Gasteiger charge is -2.42. The van der Waals surface area contributed by atoms with Gasteiger partial charge >= 0.3 is 0 Å². The van der Waals surface area contributed by atoms with E-state index in [4.69, 9.17) is 11.6 Å². The first-order chi connectivity index (χ1) is 13.2. The van der Waals surface area contributed by atoms with Gasteiger partial charge in [-0.1, -0.05) is 57.5 Å². The molecule has 0 amide bonds. The lowest BCUT2D eigenvalue weighted by Crippen LogP contribution is -2.34. The molecule has 1 aliphatic carbocycles. The number of halogens is 1. The molecule has 2 aromatic rings. The van der Waals surface area contributed by atoms with Crippen molar-refractivity contribution in [1.82, 2.24) is 5.32 Å². The van der Waals surface area contributed by atoms with Crippen molar-refractivity contribution in [2.45, 2.75) is 58.3 Å². The molecular weight excluding hydrogens is 382 g/mol. The highest BCUT2D eigenvalue weighted by molar-refractivity contribution is 8.03. The maximum absolute atomic E-state index is 6.78. The minimum atomic E-state index is 0.205. The fraction of sp³-hybridized carbons (Fsp3) is 0.440. The van der Waals surface area contributed by atoms with Gasteiger partial charge in [-0.25, -0.2) is 0 Å². The molecule has 4 rings (SSSR count). The molecular formula is C25H30ClNS. The Bertz CT molecular complexity index is 947. The molecule has 0 spiro atoms. The van der Waals surface area contributed by atoms with Crippen molar-refractivity contribution in [1.29, 1.82) is 0 Å². The van der Waals surface area contributed by atoms with E-state index in [9.17, 15) is 0 Å². The van der Waals surface area contributed by atoms with E-state index in [1.807, 2.05) is 11.8 Å². The molecule has 0 bridgehead atoms. The largest absolute Gasteiger partial charge is 0.303 e. The van der Waals surface area contributed by atoms with E-state index in [0.717, 1.165) is 23.0 Å². The van der Waals surface area contributed by atoms with Crippen molar-refractivity contribution < 1.29 is 0 Å². The summed E-state index contributed by atoms with van der Waals surface area (Å²) in [5.41, 5.74) is 8.34. The summed E-state index contributed by atoms with van der Waals surface area (Å²) in [4.78, 5) is 1.37. The average molecular weight is 412 g/mol. The first-order valence-electron chi connectivity index (χ1n) is 10.2. The summed E-state index contributed by atoms with van der Waals surface area (Å²) in [6.45, 7) is 12.7. The van der Waals surface area contributed by atoms with Crippen LogP contribution in [0.25, 0.3) is 17.2 Å². The molecule has 0 saturated carbocycles. The third-order valence-corrected chi connectivity index (χ3v) is 7.76. The van der Waals surface area contributed by atoms with E-state index in [2.05, 4.69) is 76.3 Å². The Kier molecular flexibility index (Phi) is 5.18. The van der Waals surface area contributed by atoms with E-state index in [-0.39, 0.29) is 10.8 Å². The minimum Gasteiger partial charge on any atom is -0.303 e. The van der Waals surface area contributed by atoms with E-state index in [1.54, 1.807) is 0 Å². The van der Waals surface area contributed by atoms with Gasteiger partial charge in [0.1, 0.15) is 0 Å². The molecule has 1 saturated heterocycles. The Balaban J connectivity index is 1.79. The van der Waals surface area contributed by atoms with E-state index in [1.165, 1.54) is 45.6 Å². The van der Waals surface area contributed by atoms with Crippen molar-refractivity contribution in [2.75, 3.05) is 12.4 Å². The normalized spacial score (nSPS) is 21.7. The van der Waals surface area contributed by atoms with Crippen LogP contribution in [0.15, 0.2) is 35.2 Å². The van der Waals surface area contributed by atoms with Crippen LogP contribution in [0.3, 0.4) is 0 Å². The fourth-order valence-electron chi connectivity index (χ4n) is 4.50. The van der Waals surface area contributed by atoms with Crippen molar-refractivity contribution in [3.63, 3.8) is 0 Å². The highest BCUT2D eigenvalue weighted by atomic mass is 35.5. The van der Waals surface area contributed by atoms with Gasteiger partial charge in [0.15, 0.2) is 0 Å². The topological polar surface area (TPSA) is 12.0 Å². The summed E-state index contributed by atoms with van der Waals surface area (Å²) in [7, 11) is 0. The van der Waals surface area contributed by atoms with Crippen LogP contribution >= 0.6 is 23.4 Å². The van der Waals surface area contributed by atoms with Gasteiger partial charge < -0.3 is 5.32 Å². The van der Waals surface area contributed by atoms with E-state index >= 15 is 0 Å². The minimum absolute atomic E-state index is 0.205. The Labute approximate surface area is 179 Å². The fourth-order valence-corrected chi connectivity index (χ4v) is 5.60. The van der Waals surface area contributed by atoms with Crippen molar-refractivity contribution >= 4 is 29.4 Å². The summed E-state index contributed by atoms with van der Waals surface area (Å²) < 4.78 is 0. The predicted octanol–water partition coefficient (Wildman–Crippen LogP) is 7.30. The monoisotopic (exact) mass is 411 g/mol. The molecule has 1 nitrogen and oxygen atoms in total. The van der Waals surface area contributed by atoms with Crippen LogP contribution in [-0.4, -0.2) is 12.4 Å². The van der Waals surface area contributed by atoms with E-state index in [0.29, 0.717) is 0 Å². The zero-order valence-corrected chi connectivity index (χ0v) is 19.2. The van der Waals surface area contributed by atoms with Gasteiger partial charge in [-0.05, 0) is 76.6 Å². The number of rotatable bonds is 2. The van der Waals surface area contributed by atoms with Crippen LogP contribution in [0.4, 0.5) is 0 Å². The Morgan fingerprint density at radius 2 is 1.64 bits per heavy atom. The van der Waals surface area contributed by atoms with Crippen molar-refractivity contribution in [3.8, 4) is 11.1 Å². The predicted molar refractivity (Wildman–Crippen MR) is 125 cm³/mol. The average Bonchev–Trinajstić information content (AvgIpc) is 3.12. The van der Waals surface area contributed by atoms with E-state index < -0.39 is 0 Å². The second-order valence-corrected chi connectivity index (χ2v) is 11.1. The highest BCUT2D eigenvalue weighted by Gasteiger charge is 2.37. The van der Waals surface area contributed by atoms with Gasteiger partial charge in [0.05, 0.1) is 0 Å². The zero-order valence-electron chi connectivity index (χ0n) is 17.6. The summed E-state index contributed by atoms with van der Waals surface area (Å²) in [5.74, 6) is 0.998. The lowest BCUT2D eigenvalue weighted by atomic mass is 9.62. The number of hydrogen-bond donors (Lipinski definition) is 1. The molecule has 1 fully saturated rings. The third-order valence-electron chi connectivity index (χ3n) is 6.47. The maximum atomic E-state index is 6.78. The van der Waals surface area contributed by atoms with Gasteiger partial charge in [0.25, 0.3) is 0 Å². The quantitative estimate of drug-likeness (QED) is 0.556. The van der Waals surface area contributed by atoms with Gasteiger partial charge in [-0.15, -0.1) is 11.8 Å². The van der Waals surface area contributed by atoms with Crippen LogP contribution in [0, 0.1) is 6.92 Å². The Morgan fingerprint density at radius 3 is 2.25 bits per heavy atom. The highest BCUT2D eigenvalue weighted by Crippen LogP contribution is 2.48. The number of fused-ring (bicyclic) bond motifs is 1. The molecule has 3 heteroatoms. The lowest BCUT2D eigenvalue weighted by molar-refractivity contribution is 0.332. The Morgan fingerprint density at radius 1 is 0.964 bits per heavy atom. The number of aryl methyl sites for hydroxylation is 1. The van der Waals surface area contributed by atoms with Crippen LogP contribution in [0.1, 0.15) is 62.8 Å². The van der Waals surface area contributed by atoms with Gasteiger partial charge in [0.2, 0.25) is 0 Å². The molecule has 0 radical (unpaired) electrons. The first kappa shape index (κ1) is 20.1. The molecule has 28 heavy (non-hydrogen) atoms. The number of thioether (sulfide) groups is 1. The number of benzene rings is 2. The SMILES string of the molecule is Cc1cc2c(cc1-c1ccc(/C=C3\CNCS3)cc1Cl)C(C)(C)CCC2(C)C. The molecule has 1 N–H and O–H groups in total. The van der Waals surface area contributed by atoms with Gasteiger partial charge in [-0.3, -0.25) is 0 Å². The maximum Gasteiger partial charge on any atom is 0.0490 e. The Hall–Kier alpha value is -1.22. The second kappa shape index (κ2) is 7.23. The van der Waals surface area contributed by atoms with Crippen molar-refractivity contribution in [2.24, 2.45) is 0 Å². The van der Waals surface area contributed by atoms with Crippen molar-refractivity contribution in [3.05, 3.63) is 62.5 Å². The summed E-state index contributed by atoms with van der Waals surface area (Å²) >= 11 is 8.65. The molecule has 2 aliphatic rings. The molecule has 1 heterocycles. The number of nitrogens with one attached hydrogen (secondary N) is 1. The summed E-state index contributed by atoms with van der Waals surface area (Å²) in [5, 5.41) is 4.19. The molecule has 0 unspecified atom stereocenters. The van der Waals surface area contributed by atoms with Crippen LogP contribution in [0.2, 0.25) is 5.02 Å². The first-order valence-corrected chi connectivity index (χ1v) is 11.5. The third kappa shape index (κ3) is 3.67. The zero-order chi connectivity index (χ0) is 20.1. The summed E-state index contributed by atoms with van der Waals surface area (Å²) in [6, 6.07) is 11.3. The molecule has 148 valence electrons. The smallest absolute Gasteiger partial charge is 0.0490 e. The van der Waals surface area contributed by atoms with Gasteiger partial charge in [0, 0.05) is 27.9 Å². The van der Waals surface area contributed by atoms with Gasteiger partial charge in [-0.2, -0.15) is 0 Å². The standard InChI is InChI=1S/C25H30ClNS/c1-16-10-21-22(25(4,5)9-8-24(21,2)3)13-20(16)19-7-6-17(12-23(19)26)11-18-14-27-15-28-18/h6-7,10-13,27H,8-9,14-15H2,1-5H3/b18-11+. The summed E-state index contributed by atoms with van der Waals surface area (Å²) in [6.07, 6.45) is 4.70. The van der Waals surface area contributed by atoms with Crippen LogP contribution in [0.5, 0.6) is 0 Å². The molecule has 2 aromatic carbocycles. The molecule has 1 aliphatic heterocycles. The molecule has 0 atom stereocenters. The van der Waals surface area contributed by atoms with Crippen LogP contribution in [-0.2, 0) is 10.8 Å². The second-order valence-electron chi connectivity index (χ2n) is 9.55. The van der Waals surface area contributed by atoms with Crippen LogP contribution < -0.4 is 5.32 Å². The number of hydrogen-bond acceptors (Lipinski definition) is 2. The molecule has 0 aromatic heterocycles.